The lowest BCUT2D eigenvalue weighted by atomic mass is 10.3. The molecular weight excluding hydrogens is 326 g/mol. The lowest BCUT2D eigenvalue weighted by molar-refractivity contribution is -0.138. The fraction of sp³-hybridized carbons (Fsp3) is 0.357. The fourth-order valence-electron chi connectivity index (χ4n) is 2.19. The van der Waals surface area contributed by atoms with Crippen molar-refractivity contribution in [3.8, 4) is 0 Å². The second kappa shape index (κ2) is 6.60. The quantitative estimate of drug-likeness (QED) is 0.870. The average Bonchev–Trinajstić information content (AvgIpc) is 2.92. The van der Waals surface area contributed by atoms with Gasteiger partial charge >= 0.3 is 0 Å². The summed E-state index contributed by atoms with van der Waals surface area (Å²) in [5.74, 6) is -0.563. The highest BCUT2D eigenvalue weighted by molar-refractivity contribution is 7.22. The number of aromatic nitrogens is 1. The van der Waals surface area contributed by atoms with E-state index >= 15 is 0 Å². The van der Waals surface area contributed by atoms with E-state index < -0.39 is 0 Å². The van der Waals surface area contributed by atoms with Crippen LogP contribution in [0.3, 0.4) is 0 Å². The Kier molecular flexibility index (Phi) is 4.56. The Bertz CT molecular complexity index is 712. The normalized spacial score (nSPS) is 15.0. The molecule has 3 rings (SSSR count). The van der Waals surface area contributed by atoms with E-state index in [4.69, 9.17) is 16.3 Å². The van der Waals surface area contributed by atoms with Crippen molar-refractivity contribution in [3.05, 3.63) is 23.2 Å². The maximum Gasteiger partial charge on any atom is 0.235 e. The van der Waals surface area contributed by atoms with E-state index in [2.05, 4.69) is 10.3 Å². The summed E-state index contributed by atoms with van der Waals surface area (Å²) in [6, 6.07) is 5.46. The summed E-state index contributed by atoms with van der Waals surface area (Å²) in [5, 5.41) is 3.65. The van der Waals surface area contributed by atoms with Gasteiger partial charge in [-0.05, 0) is 12.1 Å². The van der Waals surface area contributed by atoms with E-state index in [0.717, 1.165) is 4.70 Å². The Morgan fingerprint density at radius 2 is 2.14 bits per heavy atom. The number of rotatable bonds is 3. The zero-order valence-electron chi connectivity index (χ0n) is 11.7. The van der Waals surface area contributed by atoms with Gasteiger partial charge in [0.2, 0.25) is 11.8 Å². The number of anilines is 1. The highest BCUT2D eigenvalue weighted by atomic mass is 35.5. The highest BCUT2D eigenvalue weighted by Crippen LogP contribution is 2.30. The molecule has 0 aliphatic carbocycles. The second-order valence-electron chi connectivity index (χ2n) is 4.82. The van der Waals surface area contributed by atoms with Crippen LogP contribution in [0.15, 0.2) is 18.2 Å². The number of halogens is 1. The first-order valence-corrected chi connectivity index (χ1v) is 8.03. The molecule has 1 aliphatic heterocycles. The molecule has 0 bridgehead atoms. The Balaban J connectivity index is 1.63. The minimum absolute atomic E-state index is 0.191. The van der Waals surface area contributed by atoms with Crippen LogP contribution in [0, 0.1) is 0 Å². The molecule has 1 N–H and O–H groups in total. The molecule has 2 heterocycles. The van der Waals surface area contributed by atoms with E-state index in [1.165, 1.54) is 11.3 Å². The van der Waals surface area contributed by atoms with Crippen molar-refractivity contribution in [2.24, 2.45) is 0 Å². The van der Waals surface area contributed by atoms with Crippen LogP contribution in [0.4, 0.5) is 5.13 Å². The van der Waals surface area contributed by atoms with Crippen LogP contribution in [0.1, 0.15) is 6.42 Å². The van der Waals surface area contributed by atoms with Gasteiger partial charge in [0, 0.05) is 13.1 Å². The van der Waals surface area contributed by atoms with E-state index in [1.54, 1.807) is 11.0 Å². The van der Waals surface area contributed by atoms with Gasteiger partial charge in [-0.25, -0.2) is 4.98 Å². The number of nitrogens with zero attached hydrogens (tertiary/aromatic N) is 2. The van der Waals surface area contributed by atoms with E-state index in [1.807, 2.05) is 12.1 Å². The Hall–Kier alpha value is -1.70. The summed E-state index contributed by atoms with van der Waals surface area (Å²) in [6.45, 7) is 2.10. The SMILES string of the molecule is O=C(CC(=O)N1CCOCC1)Nc1nc2c(Cl)cccc2s1. The number of carbonyl (C=O) groups excluding carboxylic acids is 2. The molecule has 0 unspecified atom stereocenters. The van der Waals surface area contributed by atoms with E-state index in [9.17, 15) is 9.59 Å². The average molecular weight is 340 g/mol. The summed E-state index contributed by atoms with van der Waals surface area (Å²) in [4.78, 5) is 29.9. The Labute approximate surface area is 136 Å². The number of para-hydroxylation sites is 1. The van der Waals surface area contributed by atoms with Crippen LogP contribution in [0.25, 0.3) is 10.2 Å². The largest absolute Gasteiger partial charge is 0.378 e. The van der Waals surface area contributed by atoms with Gasteiger partial charge in [0.1, 0.15) is 11.9 Å². The number of hydrogen-bond acceptors (Lipinski definition) is 5. The Morgan fingerprint density at radius 1 is 1.36 bits per heavy atom. The van der Waals surface area contributed by atoms with Crippen molar-refractivity contribution < 1.29 is 14.3 Å². The minimum atomic E-state index is -0.369. The molecule has 1 aromatic carbocycles. The number of hydrogen-bond donors (Lipinski definition) is 1. The standard InChI is InChI=1S/C14H14ClN3O3S/c15-9-2-1-3-10-13(9)17-14(22-10)16-11(19)8-12(20)18-4-6-21-7-5-18/h1-3H,4-8H2,(H,16,17,19). The first-order valence-electron chi connectivity index (χ1n) is 6.84. The molecule has 0 atom stereocenters. The van der Waals surface area contributed by atoms with Crippen LogP contribution in [0.5, 0.6) is 0 Å². The molecular formula is C14H14ClN3O3S. The second-order valence-corrected chi connectivity index (χ2v) is 6.26. The van der Waals surface area contributed by atoms with Crippen molar-refractivity contribution in [2.45, 2.75) is 6.42 Å². The molecule has 116 valence electrons. The smallest absolute Gasteiger partial charge is 0.235 e. The predicted octanol–water partition coefficient (Wildman–Crippen LogP) is 2.14. The van der Waals surface area contributed by atoms with Crippen LogP contribution < -0.4 is 5.32 Å². The number of nitrogens with one attached hydrogen (secondary N) is 1. The lowest BCUT2D eigenvalue weighted by Gasteiger charge is -2.26. The molecule has 1 aliphatic rings. The number of morpholine rings is 1. The highest BCUT2D eigenvalue weighted by Gasteiger charge is 2.20. The maximum absolute atomic E-state index is 12.0. The third-order valence-corrected chi connectivity index (χ3v) is 4.53. The summed E-state index contributed by atoms with van der Waals surface area (Å²) in [7, 11) is 0. The van der Waals surface area contributed by atoms with Crippen molar-refractivity contribution in [3.63, 3.8) is 0 Å². The van der Waals surface area contributed by atoms with Gasteiger partial charge in [0.25, 0.3) is 0 Å². The molecule has 6 nitrogen and oxygen atoms in total. The molecule has 22 heavy (non-hydrogen) atoms. The molecule has 0 spiro atoms. The summed E-state index contributed by atoms with van der Waals surface area (Å²) < 4.78 is 6.07. The molecule has 8 heteroatoms. The lowest BCUT2D eigenvalue weighted by Crippen LogP contribution is -2.41. The van der Waals surface area contributed by atoms with Crippen molar-refractivity contribution in [1.82, 2.24) is 9.88 Å². The van der Waals surface area contributed by atoms with Crippen LogP contribution in [0.2, 0.25) is 5.02 Å². The zero-order valence-corrected chi connectivity index (χ0v) is 13.2. The number of benzene rings is 1. The number of thiazole rings is 1. The molecule has 2 aromatic rings. The van der Waals surface area contributed by atoms with Gasteiger partial charge in [0.05, 0.1) is 22.9 Å². The third kappa shape index (κ3) is 3.37. The minimum Gasteiger partial charge on any atom is -0.378 e. The number of fused-ring (bicyclic) bond motifs is 1. The number of ether oxygens (including phenoxy) is 1. The van der Waals surface area contributed by atoms with Crippen molar-refractivity contribution in [2.75, 3.05) is 31.6 Å². The molecule has 0 radical (unpaired) electrons. The Morgan fingerprint density at radius 3 is 2.86 bits per heavy atom. The van der Waals surface area contributed by atoms with Crippen LogP contribution in [-0.4, -0.2) is 48.0 Å². The predicted molar refractivity (Wildman–Crippen MR) is 85.3 cm³/mol. The monoisotopic (exact) mass is 339 g/mol. The number of carbonyl (C=O) groups is 2. The summed E-state index contributed by atoms with van der Waals surface area (Å²) in [5.41, 5.74) is 0.656. The van der Waals surface area contributed by atoms with Gasteiger partial charge in [0.15, 0.2) is 5.13 Å². The molecule has 1 saturated heterocycles. The zero-order chi connectivity index (χ0) is 15.5. The first kappa shape index (κ1) is 15.2. The third-order valence-electron chi connectivity index (χ3n) is 3.29. The summed E-state index contributed by atoms with van der Waals surface area (Å²) in [6.07, 6.45) is -0.191. The van der Waals surface area contributed by atoms with Crippen LogP contribution >= 0.6 is 22.9 Å². The van der Waals surface area contributed by atoms with Gasteiger partial charge < -0.3 is 15.0 Å². The van der Waals surface area contributed by atoms with E-state index in [0.29, 0.717) is 42.0 Å². The van der Waals surface area contributed by atoms with Gasteiger partial charge in [-0.1, -0.05) is 29.0 Å². The van der Waals surface area contributed by atoms with Gasteiger partial charge in [-0.15, -0.1) is 0 Å². The molecule has 2 amide bonds. The van der Waals surface area contributed by atoms with Crippen molar-refractivity contribution in [1.29, 1.82) is 0 Å². The fourth-order valence-corrected chi connectivity index (χ4v) is 3.38. The first-order chi connectivity index (χ1) is 10.6. The molecule has 1 fully saturated rings. The summed E-state index contributed by atoms with van der Waals surface area (Å²) >= 11 is 7.38. The van der Waals surface area contributed by atoms with E-state index in [-0.39, 0.29) is 18.2 Å². The maximum atomic E-state index is 12.0. The van der Waals surface area contributed by atoms with Gasteiger partial charge in [-0.3, -0.25) is 9.59 Å². The van der Waals surface area contributed by atoms with Crippen LogP contribution in [-0.2, 0) is 14.3 Å². The molecule has 1 aromatic heterocycles. The molecule has 0 saturated carbocycles. The van der Waals surface area contributed by atoms with Crippen molar-refractivity contribution >= 4 is 50.1 Å². The number of amides is 2. The van der Waals surface area contributed by atoms with Gasteiger partial charge in [-0.2, -0.15) is 0 Å². The topological polar surface area (TPSA) is 71.5 Å².